The summed E-state index contributed by atoms with van der Waals surface area (Å²) >= 11 is 5.62. The van der Waals surface area contributed by atoms with Crippen molar-refractivity contribution in [2.24, 2.45) is 0 Å². The number of methoxy groups -OCH3 is 1. The lowest BCUT2D eigenvalue weighted by atomic mass is 10.1. The van der Waals surface area contributed by atoms with Crippen LogP contribution < -0.4 is 4.74 Å². The fourth-order valence-electron chi connectivity index (χ4n) is 1.80. The molecule has 4 heteroatoms. The molecule has 0 atom stereocenters. The zero-order chi connectivity index (χ0) is 14.1. The summed E-state index contributed by atoms with van der Waals surface area (Å²) < 4.78 is 5.09. The molecule has 106 valence electrons. The molecule has 0 fully saturated rings. The first-order valence-corrected chi connectivity index (χ1v) is 7.13. The molecule has 1 amide bonds. The zero-order valence-corrected chi connectivity index (χ0v) is 12.4. The van der Waals surface area contributed by atoms with Gasteiger partial charge >= 0.3 is 0 Å². The maximum absolute atomic E-state index is 12.0. The van der Waals surface area contributed by atoms with Crippen LogP contribution in [0.1, 0.15) is 24.8 Å². The Bertz CT molecular complexity index is 378. The largest absolute Gasteiger partial charge is 0.497 e. The number of benzene rings is 1. The first-order valence-electron chi connectivity index (χ1n) is 6.60. The van der Waals surface area contributed by atoms with E-state index in [0.29, 0.717) is 12.3 Å². The summed E-state index contributed by atoms with van der Waals surface area (Å²) in [5.74, 6) is 1.66. The SMILES string of the molecule is COc1ccc(CC(=O)N(C)CCCCCCl)cc1. The normalized spacial score (nSPS) is 10.3. The van der Waals surface area contributed by atoms with Crippen molar-refractivity contribution in [1.29, 1.82) is 0 Å². The van der Waals surface area contributed by atoms with Gasteiger partial charge in [0.15, 0.2) is 0 Å². The molecule has 1 aromatic carbocycles. The number of carbonyl (C=O) groups is 1. The minimum absolute atomic E-state index is 0.149. The molecule has 3 nitrogen and oxygen atoms in total. The molecule has 0 saturated carbocycles. The Kier molecular flexibility index (Phi) is 7.34. The molecule has 19 heavy (non-hydrogen) atoms. The van der Waals surface area contributed by atoms with Gasteiger partial charge in [0, 0.05) is 19.5 Å². The molecule has 0 aliphatic heterocycles. The van der Waals surface area contributed by atoms with Crippen molar-refractivity contribution < 1.29 is 9.53 Å². The summed E-state index contributed by atoms with van der Waals surface area (Å²) in [6.45, 7) is 0.797. The van der Waals surface area contributed by atoms with Gasteiger partial charge in [-0.15, -0.1) is 11.6 Å². The quantitative estimate of drug-likeness (QED) is 0.542. The highest BCUT2D eigenvalue weighted by Crippen LogP contribution is 2.12. The summed E-state index contributed by atoms with van der Waals surface area (Å²) in [6, 6.07) is 7.61. The van der Waals surface area contributed by atoms with Crippen molar-refractivity contribution in [2.45, 2.75) is 25.7 Å². The van der Waals surface area contributed by atoms with E-state index in [-0.39, 0.29) is 5.91 Å². The molecule has 0 aliphatic rings. The van der Waals surface area contributed by atoms with Crippen molar-refractivity contribution in [3.05, 3.63) is 29.8 Å². The predicted octanol–water partition coefficient (Wildman–Crippen LogP) is 3.11. The number of unbranched alkanes of at least 4 members (excludes halogenated alkanes) is 2. The molecule has 0 spiro atoms. The van der Waals surface area contributed by atoms with Crippen molar-refractivity contribution in [1.82, 2.24) is 4.90 Å². The minimum atomic E-state index is 0.149. The lowest BCUT2D eigenvalue weighted by Crippen LogP contribution is -2.29. The van der Waals surface area contributed by atoms with Crippen LogP contribution in [0.15, 0.2) is 24.3 Å². The standard InChI is InChI=1S/C15H22ClNO2/c1-17(11-5-3-4-10-16)15(18)12-13-6-8-14(19-2)9-7-13/h6-9H,3-5,10-12H2,1-2H3. The molecular formula is C15H22ClNO2. The maximum Gasteiger partial charge on any atom is 0.226 e. The van der Waals surface area contributed by atoms with Gasteiger partial charge in [0.25, 0.3) is 0 Å². The second-order valence-corrected chi connectivity index (χ2v) is 4.97. The van der Waals surface area contributed by atoms with E-state index in [4.69, 9.17) is 16.3 Å². The number of rotatable bonds is 8. The maximum atomic E-state index is 12.0. The van der Waals surface area contributed by atoms with E-state index in [9.17, 15) is 4.79 Å². The third-order valence-corrected chi connectivity index (χ3v) is 3.33. The molecule has 0 N–H and O–H groups in total. The number of carbonyl (C=O) groups excluding carboxylic acids is 1. The van der Waals surface area contributed by atoms with Gasteiger partial charge in [-0.1, -0.05) is 18.6 Å². The zero-order valence-electron chi connectivity index (χ0n) is 11.7. The Morgan fingerprint density at radius 3 is 2.47 bits per heavy atom. The van der Waals surface area contributed by atoms with E-state index >= 15 is 0 Å². The van der Waals surface area contributed by atoms with Gasteiger partial charge in [-0.3, -0.25) is 4.79 Å². The van der Waals surface area contributed by atoms with Crippen LogP contribution in [0.3, 0.4) is 0 Å². The highest BCUT2D eigenvalue weighted by atomic mass is 35.5. The molecule has 0 saturated heterocycles. The van der Waals surface area contributed by atoms with Crippen LogP contribution in [0.2, 0.25) is 0 Å². The Hall–Kier alpha value is -1.22. The average molecular weight is 284 g/mol. The molecule has 0 unspecified atom stereocenters. The summed E-state index contributed by atoms with van der Waals surface area (Å²) in [6.07, 6.45) is 3.54. The topological polar surface area (TPSA) is 29.5 Å². The van der Waals surface area contributed by atoms with E-state index in [0.717, 1.165) is 37.1 Å². The summed E-state index contributed by atoms with van der Waals surface area (Å²) in [7, 11) is 3.49. The molecule has 0 aromatic heterocycles. The highest BCUT2D eigenvalue weighted by molar-refractivity contribution is 6.17. The fraction of sp³-hybridized carbons (Fsp3) is 0.533. The number of alkyl halides is 1. The number of nitrogens with zero attached hydrogens (tertiary/aromatic N) is 1. The Balaban J connectivity index is 2.36. The lowest BCUT2D eigenvalue weighted by Gasteiger charge is -2.17. The van der Waals surface area contributed by atoms with Crippen LogP contribution in [0, 0.1) is 0 Å². The third kappa shape index (κ3) is 5.97. The van der Waals surface area contributed by atoms with Gasteiger partial charge in [0.05, 0.1) is 13.5 Å². The van der Waals surface area contributed by atoms with Crippen LogP contribution in [0.4, 0.5) is 0 Å². The monoisotopic (exact) mass is 283 g/mol. The van der Waals surface area contributed by atoms with Gasteiger partial charge in [-0.2, -0.15) is 0 Å². The molecule has 0 bridgehead atoms. The Morgan fingerprint density at radius 1 is 1.21 bits per heavy atom. The van der Waals surface area contributed by atoms with Gasteiger partial charge < -0.3 is 9.64 Å². The van der Waals surface area contributed by atoms with Crippen LogP contribution in [-0.4, -0.2) is 37.4 Å². The molecule has 1 rings (SSSR count). The number of hydrogen-bond acceptors (Lipinski definition) is 2. The van der Waals surface area contributed by atoms with Crippen molar-refractivity contribution >= 4 is 17.5 Å². The summed E-state index contributed by atoms with van der Waals surface area (Å²) in [4.78, 5) is 13.8. The number of hydrogen-bond donors (Lipinski definition) is 0. The second-order valence-electron chi connectivity index (χ2n) is 4.59. The van der Waals surface area contributed by atoms with Crippen LogP contribution >= 0.6 is 11.6 Å². The number of ether oxygens (including phenoxy) is 1. The van der Waals surface area contributed by atoms with Gasteiger partial charge in [0.1, 0.15) is 5.75 Å². The van der Waals surface area contributed by atoms with E-state index in [1.54, 1.807) is 12.0 Å². The number of likely N-dealkylation sites (N-methyl/N-ethyl adjacent to an activating group) is 1. The summed E-state index contributed by atoms with van der Waals surface area (Å²) in [5.41, 5.74) is 1.01. The van der Waals surface area contributed by atoms with E-state index in [2.05, 4.69) is 0 Å². The molecular weight excluding hydrogens is 262 g/mol. The first kappa shape index (κ1) is 15.8. The number of halogens is 1. The highest BCUT2D eigenvalue weighted by Gasteiger charge is 2.09. The van der Waals surface area contributed by atoms with Gasteiger partial charge in [-0.05, 0) is 30.5 Å². The molecule has 1 aromatic rings. The van der Waals surface area contributed by atoms with Crippen molar-refractivity contribution in [3.8, 4) is 5.75 Å². The predicted molar refractivity (Wildman–Crippen MR) is 78.9 cm³/mol. The number of amides is 1. The van der Waals surface area contributed by atoms with E-state index in [1.165, 1.54) is 0 Å². The van der Waals surface area contributed by atoms with Gasteiger partial charge in [0.2, 0.25) is 5.91 Å². The molecule has 0 aliphatic carbocycles. The molecule has 0 radical (unpaired) electrons. The Morgan fingerprint density at radius 2 is 1.89 bits per heavy atom. The molecule has 0 heterocycles. The first-order chi connectivity index (χ1) is 9.17. The third-order valence-electron chi connectivity index (χ3n) is 3.07. The van der Waals surface area contributed by atoms with Crippen molar-refractivity contribution in [3.63, 3.8) is 0 Å². The van der Waals surface area contributed by atoms with Crippen LogP contribution in [-0.2, 0) is 11.2 Å². The van der Waals surface area contributed by atoms with E-state index in [1.807, 2.05) is 31.3 Å². The minimum Gasteiger partial charge on any atom is -0.497 e. The Labute approximate surface area is 120 Å². The smallest absolute Gasteiger partial charge is 0.226 e. The average Bonchev–Trinajstić information content (AvgIpc) is 2.44. The lowest BCUT2D eigenvalue weighted by molar-refractivity contribution is -0.129. The second kappa shape index (κ2) is 8.81. The van der Waals surface area contributed by atoms with E-state index < -0.39 is 0 Å². The summed E-state index contributed by atoms with van der Waals surface area (Å²) in [5, 5.41) is 0. The fourth-order valence-corrected chi connectivity index (χ4v) is 1.99. The van der Waals surface area contributed by atoms with Crippen molar-refractivity contribution in [2.75, 3.05) is 26.6 Å². The van der Waals surface area contributed by atoms with Crippen LogP contribution in [0.5, 0.6) is 5.75 Å². The van der Waals surface area contributed by atoms with Crippen LogP contribution in [0.25, 0.3) is 0 Å². The van der Waals surface area contributed by atoms with Gasteiger partial charge in [-0.25, -0.2) is 0 Å².